The van der Waals surface area contributed by atoms with Gasteiger partial charge >= 0.3 is 6.18 Å². The van der Waals surface area contributed by atoms with Gasteiger partial charge in [-0.05, 0) is 26.6 Å². The van der Waals surface area contributed by atoms with Gasteiger partial charge in [-0.2, -0.15) is 13.2 Å². The van der Waals surface area contributed by atoms with Gasteiger partial charge in [0.15, 0.2) is 14.1 Å². The molecule has 1 aromatic carbocycles. The second kappa shape index (κ2) is 7.37. The number of hydrogen-bond donors (Lipinski definition) is 0. The largest absolute Gasteiger partial charge is 0.447 e. The van der Waals surface area contributed by atoms with E-state index >= 15 is 0 Å². The summed E-state index contributed by atoms with van der Waals surface area (Å²) in [6.07, 6.45) is -4.74. The van der Waals surface area contributed by atoms with Crippen molar-refractivity contribution >= 4 is 14.1 Å². The zero-order valence-electron chi connectivity index (χ0n) is 15.0. The van der Waals surface area contributed by atoms with Gasteiger partial charge in [0.05, 0.1) is 0 Å². The monoisotopic (exact) mass is 362 g/mol. The lowest BCUT2D eigenvalue weighted by molar-refractivity contribution is -0.365. The van der Waals surface area contributed by atoms with Crippen LogP contribution in [0.4, 0.5) is 13.2 Å². The molecule has 0 aliphatic rings. The quantitative estimate of drug-likeness (QED) is 0.383. The number of ether oxygens (including phenoxy) is 1. The maximum absolute atomic E-state index is 13.9. The van der Waals surface area contributed by atoms with Gasteiger partial charge in [0.25, 0.3) is 5.79 Å². The molecular weight excluding hydrogens is 337 g/mol. The first-order chi connectivity index (χ1) is 10.8. The van der Waals surface area contributed by atoms with E-state index in [1.807, 2.05) is 0 Å². The molecule has 0 saturated heterocycles. The fraction of sp³-hybridized carbons (Fsp3) is 0.588. The van der Waals surface area contributed by atoms with Crippen LogP contribution in [0.1, 0.15) is 36.7 Å². The molecule has 0 amide bonds. The van der Waals surface area contributed by atoms with Crippen LogP contribution in [0, 0.1) is 5.92 Å². The first kappa shape index (κ1) is 20.9. The summed E-state index contributed by atoms with van der Waals surface area (Å²) in [6.45, 7) is 9.83. The summed E-state index contributed by atoms with van der Waals surface area (Å²) in [7, 11) is -2.59. The molecule has 3 nitrogen and oxygen atoms in total. The number of carbonyl (C=O) groups excluding carboxylic acids is 1. The van der Waals surface area contributed by atoms with Crippen LogP contribution in [-0.4, -0.2) is 26.9 Å². The van der Waals surface area contributed by atoms with Crippen molar-refractivity contribution in [2.24, 2.45) is 5.92 Å². The Morgan fingerprint density at radius 3 is 1.96 bits per heavy atom. The second-order valence-electron chi connectivity index (χ2n) is 6.86. The third kappa shape index (κ3) is 4.68. The summed E-state index contributed by atoms with van der Waals surface area (Å²) in [6, 6.07) is 5.31. The Balaban J connectivity index is 3.41. The molecule has 0 N–H and O–H groups in total. The molecule has 0 aliphatic heterocycles. The van der Waals surface area contributed by atoms with Gasteiger partial charge in [-0.25, -0.2) is 0 Å². The Morgan fingerprint density at radius 1 is 1.12 bits per heavy atom. The predicted octanol–water partition coefficient (Wildman–Crippen LogP) is 5.13. The Bertz CT molecular complexity index is 562. The molecule has 1 aromatic rings. The molecule has 1 unspecified atom stereocenters. The SMILES string of the molecule is CCOC(O[Si](C)(C)C)(c1ccc(C(=O)C(C)C)cc1)C(F)(F)F. The maximum Gasteiger partial charge on any atom is 0.447 e. The van der Waals surface area contributed by atoms with Gasteiger partial charge < -0.3 is 9.16 Å². The maximum atomic E-state index is 13.9. The lowest BCUT2D eigenvalue weighted by Gasteiger charge is -2.40. The van der Waals surface area contributed by atoms with Crippen LogP contribution >= 0.6 is 0 Å². The molecule has 1 rings (SSSR count). The van der Waals surface area contributed by atoms with Crippen LogP contribution in [0.2, 0.25) is 19.6 Å². The van der Waals surface area contributed by atoms with E-state index in [1.165, 1.54) is 31.2 Å². The van der Waals surface area contributed by atoms with Crippen LogP contribution in [0.3, 0.4) is 0 Å². The van der Waals surface area contributed by atoms with Gasteiger partial charge in [-0.1, -0.05) is 38.1 Å². The fourth-order valence-corrected chi connectivity index (χ4v) is 3.45. The number of carbonyl (C=O) groups is 1. The molecule has 136 valence electrons. The Morgan fingerprint density at radius 2 is 1.62 bits per heavy atom. The smallest absolute Gasteiger partial charge is 0.380 e. The number of benzene rings is 1. The van der Waals surface area contributed by atoms with E-state index in [9.17, 15) is 18.0 Å². The fourth-order valence-electron chi connectivity index (χ4n) is 2.30. The number of rotatable bonds is 7. The summed E-state index contributed by atoms with van der Waals surface area (Å²) in [5.41, 5.74) is 0.217. The van der Waals surface area contributed by atoms with E-state index in [0.717, 1.165) is 0 Å². The molecule has 0 spiro atoms. The van der Waals surface area contributed by atoms with Crippen molar-refractivity contribution < 1.29 is 27.1 Å². The minimum Gasteiger partial charge on any atom is -0.380 e. The van der Waals surface area contributed by atoms with Gasteiger partial charge in [-0.3, -0.25) is 4.79 Å². The summed E-state index contributed by atoms with van der Waals surface area (Å²) in [4.78, 5) is 12.0. The van der Waals surface area contributed by atoms with Gasteiger partial charge in [0.2, 0.25) is 0 Å². The summed E-state index contributed by atoms with van der Waals surface area (Å²) >= 11 is 0. The molecule has 7 heteroatoms. The number of alkyl halides is 3. The van der Waals surface area contributed by atoms with E-state index < -0.39 is 20.3 Å². The molecule has 0 bridgehead atoms. The Hall–Kier alpha value is -1.18. The van der Waals surface area contributed by atoms with Crippen LogP contribution in [0.5, 0.6) is 0 Å². The number of ketones is 1. The van der Waals surface area contributed by atoms with Crippen molar-refractivity contribution in [3.63, 3.8) is 0 Å². The first-order valence-corrected chi connectivity index (χ1v) is 11.3. The summed E-state index contributed by atoms with van der Waals surface area (Å²) in [5.74, 6) is -3.17. The summed E-state index contributed by atoms with van der Waals surface area (Å²) < 4.78 is 52.2. The van der Waals surface area contributed by atoms with Crippen molar-refractivity contribution in [2.75, 3.05) is 6.61 Å². The van der Waals surface area contributed by atoms with Gasteiger partial charge in [0, 0.05) is 23.7 Å². The molecule has 24 heavy (non-hydrogen) atoms. The number of halogens is 3. The highest BCUT2D eigenvalue weighted by Gasteiger charge is 2.60. The normalized spacial score (nSPS) is 15.4. The second-order valence-corrected chi connectivity index (χ2v) is 11.3. The first-order valence-electron chi connectivity index (χ1n) is 7.89. The predicted molar refractivity (Wildman–Crippen MR) is 89.4 cm³/mol. The van der Waals surface area contributed by atoms with Crippen molar-refractivity contribution in [3.8, 4) is 0 Å². The number of hydrogen-bond acceptors (Lipinski definition) is 3. The standard InChI is InChI=1S/C17H25F3O3Si/c1-7-22-16(17(18,19)20,23-24(4,5)6)14-10-8-13(9-11-14)15(21)12(2)3/h8-12H,7H2,1-6H3. The van der Waals surface area contributed by atoms with E-state index in [-0.39, 0.29) is 23.9 Å². The van der Waals surface area contributed by atoms with E-state index in [0.29, 0.717) is 5.56 Å². The molecule has 0 radical (unpaired) electrons. The highest BCUT2D eigenvalue weighted by molar-refractivity contribution is 6.69. The van der Waals surface area contributed by atoms with Crippen molar-refractivity contribution in [1.82, 2.24) is 0 Å². The topological polar surface area (TPSA) is 35.5 Å². The molecule has 0 saturated carbocycles. The van der Waals surface area contributed by atoms with Crippen LogP contribution in [0.15, 0.2) is 24.3 Å². The Labute approximate surface area is 142 Å². The highest BCUT2D eigenvalue weighted by atomic mass is 28.4. The van der Waals surface area contributed by atoms with E-state index in [1.54, 1.807) is 33.5 Å². The van der Waals surface area contributed by atoms with Crippen molar-refractivity contribution in [1.29, 1.82) is 0 Å². The average Bonchev–Trinajstić information content (AvgIpc) is 2.43. The molecule has 1 atom stereocenters. The lowest BCUT2D eigenvalue weighted by atomic mass is 9.97. The number of Topliss-reactive ketones (excluding diaryl/α,β-unsaturated/α-hetero) is 1. The lowest BCUT2D eigenvalue weighted by Crippen LogP contribution is -2.52. The minimum atomic E-state index is -4.74. The minimum absolute atomic E-state index is 0.123. The third-order valence-corrected chi connectivity index (χ3v) is 4.14. The molecule has 0 heterocycles. The third-order valence-electron chi connectivity index (χ3n) is 3.24. The highest BCUT2D eigenvalue weighted by Crippen LogP contribution is 2.45. The van der Waals surface area contributed by atoms with E-state index in [4.69, 9.17) is 9.16 Å². The van der Waals surface area contributed by atoms with Crippen molar-refractivity contribution in [3.05, 3.63) is 35.4 Å². The average molecular weight is 362 g/mol. The summed E-state index contributed by atoms with van der Waals surface area (Å²) in [5, 5.41) is 0. The van der Waals surface area contributed by atoms with Crippen molar-refractivity contribution in [2.45, 2.75) is 52.4 Å². The molecule has 0 aromatic heterocycles. The van der Waals surface area contributed by atoms with Crippen LogP contribution in [-0.2, 0) is 14.9 Å². The molecule has 0 aliphatic carbocycles. The zero-order valence-corrected chi connectivity index (χ0v) is 16.0. The molecule has 0 fully saturated rings. The van der Waals surface area contributed by atoms with Crippen LogP contribution in [0.25, 0.3) is 0 Å². The Kier molecular flexibility index (Phi) is 6.41. The van der Waals surface area contributed by atoms with Crippen LogP contribution < -0.4 is 0 Å². The zero-order chi connectivity index (χ0) is 18.8. The molecular formula is C17H25F3O3Si. The van der Waals surface area contributed by atoms with E-state index in [2.05, 4.69) is 0 Å². The van der Waals surface area contributed by atoms with Gasteiger partial charge in [-0.15, -0.1) is 0 Å². The van der Waals surface area contributed by atoms with Gasteiger partial charge in [0.1, 0.15) is 0 Å².